The molecular weight excluding hydrogens is 421 g/mol. The van der Waals surface area contributed by atoms with Gasteiger partial charge in [0.15, 0.2) is 5.69 Å². The van der Waals surface area contributed by atoms with Crippen molar-refractivity contribution in [3.8, 4) is 17.0 Å². The van der Waals surface area contributed by atoms with Crippen molar-refractivity contribution in [3.05, 3.63) is 70.6 Å². The highest BCUT2D eigenvalue weighted by molar-refractivity contribution is 6.34. The van der Waals surface area contributed by atoms with E-state index >= 15 is 0 Å². The highest BCUT2D eigenvalue weighted by atomic mass is 35.5. The van der Waals surface area contributed by atoms with E-state index in [1.165, 1.54) is 12.1 Å². The number of hydrogen-bond acceptors (Lipinski definition) is 4. The SMILES string of the molecule is O=C(Nc1c(F)cccc1Cl)c1cc(F)c(-c2cnc(C(F)(F)F)cn2)cc1O. The molecule has 3 rings (SSSR count). The summed E-state index contributed by atoms with van der Waals surface area (Å²) in [5.74, 6) is -3.68. The number of aromatic nitrogens is 2. The molecule has 5 nitrogen and oxygen atoms in total. The van der Waals surface area contributed by atoms with E-state index in [1.54, 1.807) is 0 Å². The number of carbonyl (C=O) groups excluding carboxylic acids is 1. The first-order valence-electron chi connectivity index (χ1n) is 7.75. The molecule has 0 aliphatic heterocycles. The average molecular weight is 430 g/mol. The summed E-state index contributed by atoms with van der Waals surface area (Å²) < 4.78 is 65.8. The van der Waals surface area contributed by atoms with Crippen molar-refractivity contribution >= 4 is 23.2 Å². The molecule has 1 amide bonds. The lowest BCUT2D eigenvalue weighted by Gasteiger charge is -2.11. The molecule has 1 heterocycles. The van der Waals surface area contributed by atoms with Gasteiger partial charge in [-0.1, -0.05) is 17.7 Å². The average Bonchev–Trinajstić information content (AvgIpc) is 2.65. The number of benzene rings is 2. The standard InChI is InChI=1S/C18H9ClF5N3O2/c19-10-2-1-3-11(20)16(10)27-17(29)9-4-12(21)8(5-14(9)28)13-6-26-15(7-25-13)18(22,23)24/h1-7,28H,(H,27,29). The summed E-state index contributed by atoms with van der Waals surface area (Å²) in [6.07, 6.45) is -3.63. The topological polar surface area (TPSA) is 75.1 Å². The van der Waals surface area contributed by atoms with Gasteiger partial charge in [0.1, 0.15) is 17.4 Å². The fraction of sp³-hybridized carbons (Fsp3) is 0.0556. The van der Waals surface area contributed by atoms with E-state index in [-0.39, 0.29) is 22.0 Å². The van der Waals surface area contributed by atoms with Gasteiger partial charge in [0.2, 0.25) is 0 Å². The first-order chi connectivity index (χ1) is 13.6. The van der Waals surface area contributed by atoms with Crippen LogP contribution in [0, 0.1) is 11.6 Å². The summed E-state index contributed by atoms with van der Waals surface area (Å²) in [5.41, 5.74) is -2.87. The Labute approximate surface area is 164 Å². The molecule has 0 unspecified atom stereocenters. The fourth-order valence-corrected chi connectivity index (χ4v) is 2.56. The van der Waals surface area contributed by atoms with Crippen LogP contribution in [0.2, 0.25) is 5.02 Å². The number of phenolic OH excluding ortho intramolecular Hbond substituents is 1. The molecule has 0 fully saturated rings. The Morgan fingerprint density at radius 2 is 1.79 bits per heavy atom. The van der Waals surface area contributed by atoms with Gasteiger partial charge in [-0.3, -0.25) is 9.78 Å². The Bertz CT molecular complexity index is 1070. The number of nitrogens with one attached hydrogen (secondary N) is 1. The third-order valence-corrected chi connectivity index (χ3v) is 4.06. The molecule has 0 radical (unpaired) electrons. The van der Waals surface area contributed by atoms with Crippen LogP contribution in [0.15, 0.2) is 42.7 Å². The van der Waals surface area contributed by atoms with Crippen LogP contribution in [0.3, 0.4) is 0 Å². The summed E-state index contributed by atoms with van der Waals surface area (Å²) in [4.78, 5) is 18.9. The van der Waals surface area contributed by atoms with Gasteiger partial charge in [0.25, 0.3) is 5.91 Å². The molecule has 0 aliphatic rings. The van der Waals surface area contributed by atoms with Crippen LogP contribution in [0.5, 0.6) is 5.75 Å². The molecule has 2 aromatic carbocycles. The maximum atomic E-state index is 14.4. The van der Waals surface area contributed by atoms with Crippen LogP contribution in [-0.4, -0.2) is 21.0 Å². The third-order valence-electron chi connectivity index (χ3n) is 3.75. The summed E-state index contributed by atoms with van der Waals surface area (Å²) in [6, 6.07) is 5.09. The smallest absolute Gasteiger partial charge is 0.434 e. The minimum absolute atomic E-state index is 0.116. The fourth-order valence-electron chi connectivity index (χ4n) is 2.35. The van der Waals surface area contributed by atoms with Crippen molar-refractivity contribution in [1.29, 1.82) is 0 Å². The van der Waals surface area contributed by atoms with Gasteiger partial charge in [0, 0.05) is 5.56 Å². The molecule has 0 aliphatic carbocycles. The second kappa shape index (κ2) is 7.63. The largest absolute Gasteiger partial charge is 0.507 e. The second-order valence-electron chi connectivity index (χ2n) is 5.68. The molecule has 0 saturated carbocycles. The van der Waals surface area contributed by atoms with Crippen LogP contribution < -0.4 is 5.32 Å². The van der Waals surface area contributed by atoms with Crippen molar-refractivity contribution < 1.29 is 31.9 Å². The van der Waals surface area contributed by atoms with E-state index in [0.717, 1.165) is 12.1 Å². The predicted octanol–water partition coefficient (Wildman–Crippen LogP) is 5.05. The minimum Gasteiger partial charge on any atom is -0.507 e. The summed E-state index contributed by atoms with van der Waals surface area (Å²) >= 11 is 5.80. The number of para-hydroxylation sites is 1. The van der Waals surface area contributed by atoms with Crippen LogP contribution in [0.1, 0.15) is 16.1 Å². The molecule has 0 atom stereocenters. The number of hydrogen-bond donors (Lipinski definition) is 2. The molecule has 0 bridgehead atoms. The predicted molar refractivity (Wildman–Crippen MR) is 93.5 cm³/mol. The number of nitrogens with zero attached hydrogens (tertiary/aromatic N) is 2. The van der Waals surface area contributed by atoms with Crippen molar-refractivity contribution in [2.45, 2.75) is 6.18 Å². The highest BCUT2D eigenvalue weighted by Gasteiger charge is 2.33. The number of anilines is 1. The van der Waals surface area contributed by atoms with Crippen LogP contribution in [0.4, 0.5) is 27.6 Å². The number of alkyl halides is 3. The van der Waals surface area contributed by atoms with Crippen LogP contribution in [-0.2, 0) is 6.18 Å². The monoisotopic (exact) mass is 429 g/mol. The van der Waals surface area contributed by atoms with Crippen LogP contribution >= 0.6 is 11.6 Å². The number of phenols is 1. The van der Waals surface area contributed by atoms with Crippen LogP contribution in [0.25, 0.3) is 11.3 Å². The Morgan fingerprint density at radius 3 is 2.38 bits per heavy atom. The molecule has 11 heteroatoms. The van der Waals surface area contributed by atoms with E-state index in [4.69, 9.17) is 11.6 Å². The van der Waals surface area contributed by atoms with Gasteiger partial charge in [-0.15, -0.1) is 0 Å². The third kappa shape index (κ3) is 4.27. The van der Waals surface area contributed by atoms with Crippen molar-refractivity contribution in [2.24, 2.45) is 0 Å². The molecule has 0 spiro atoms. The molecule has 1 aromatic heterocycles. The Balaban J connectivity index is 1.92. The van der Waals surface area contributed by atoms with E-state index in [9.17, 15) is 31.9 Å². The zero-order chi connectivity index (χ0) is 21.3. The lowest BCUT2D eigenvalue weighted by molar-refractivity contribution is -0.141. The number of carbonyl (C=O) groups is 1. The molecule has 0 saturated heterocycles. The van der Waals surface area contributed by atoms with Gasteiger partial charge >= 0.3 is 6.18 Å². The van der Waals surface area contributed by atoms with Gasteiger partial charge in [-0.2, -0.15) is 13.2 Å². The quantitative estimate of drug-likeness (QED) is 0.571. The van der Waals surface area contributed by atoms with E-state index in [0.29, 0.717) is 18.5 Å². The Kier molecular flexibility index (Phi) is 5.38. The van der Waals surface area contributed by atoms with Gasteiger partial charge < -0.3 is 10.4 Å². The van der Waals surface area contributed by atoms with Crippen molar-refractivity contribution in [2.75, 3.05) is 5.32 Å². The lowest BCUT2D eigenvalue weighted by atomic mass is 10.1. The minimum atomic E-state index is -4.72. The van der Waals surface area contributed by atoms with Crippen molar-refractivity contribution in [1.82, 2.24) is 9.97 Å². The molecule has 2 N–H and O–H groups in total. The van der Waals surface area contributed by atoms with Gasteiger partial charge in [0.05, 0.1) is 34.4 Å². The number of rotatable bonds is 3. The summed E-state index contributed by atoms with van der Waals surface area (Å²) in [6.45, 7) is 0. The lowest BCUT2D eigenvalue weighted by Crippen LogP contribution is -2.14. The van der Waals surface area contributed by atoms with Gasteiger partial charge in [-0.25, -0.2) is 13.8 Å². The van der Waals surface area contributed by atoms with Crippen molar-refractivity contribution in [3.63, 3.8) is 0 Å². The molecule has 150 valence electrons. The Hall–Kier alpha value is -3.27. The zero-order valence-electron chi connectivity index (χ0n) is 14.1. The number of aromatic hydroxyl groups is 1. The summed E-state index contributed by atoms with van der Waals surface area (Å²) in [5, 5.41) is 12.1. The second-order valence-corrected chi connectivity index (χ2v) is 6.09. The normalized spacial score (nSPS) is 11.4. The first kappa shape index (κ1) is 20.5. The van der Waals surface area contributed by atoms with E-state index < -0.39 is 40.7 Å². The maximum Gasteiger partial charge on any atom is 0.434 e. The summed E-state index contributed by atoms with van der Waals surface area (Å²) in [7, 11) is 0. The van der Waals surface area contributed by atoms with E-state index in [2.05, 4.69) is 15.3 Å². The Morgan fingerprint density at radius 1 is 1.07 bits per heavy atom. The molecule has 3 aromatic rings. The highest BCUT2D eigenvalue weighted by Crippen LogP contribution is 2.32. The number of amides is 1. The molecule has 29 heavy (non-hydrogen) atoms. The van der Waals surface area contributed by atoms with Gasteiger partial charge in [-0.05, 0) is 24.3 Å². The number of halogens is 6. The van der Waals surface area contributed by atoms with E-state index in [1.807, 2.05) is 0 Å². The maximum absolute atomic E-state index is 14.4. The zero-order valence-corrected chi connectivity index (χ0v) is 14.8. The first-order valence-corrected chi connectivity index (χ1v) is 8.13. The molecular formula is C18H9ClF5N3O2.